The SMILES string of the molecule is CCC.CCCC/C=C/CCCCCCCC(=O)OCCC(C)(C)N(C)C. The van der Waals surface area contributed by atoms with Crippen LogP contribution in [0.1, 0.15) is 112 Å². The highest BCUT2D eigenvalue weighted by Crippen LogP contribution is 2.15. The van der Waals surface area contributed by atoms with E-state index in [0.29, 0.717) is 13.0 Å². The third-order valence-corrected chi connectivity index (χ3v) is 4.83. The molecule has 0 heterocycles. The maximum absolute atomic E-state index is 11.7. The Labute approximate surface area is 170 Å². The molecular weight excluding hydrogens is 334 g/mol. The third-order valence-electron chi connectivity index (χ3n) is 4.83. The highest BCUT2D eigenvalue weighted by Gasteiger charge is 2.20. The van der Waals surface area contributed by atoms with Crippen LogP contribution in [-0.4, -0.2) is 37.1 Å². The number of hydrogen-bond acceptors (Lipinski definition) is 3. The van der Waals surface area contributed by atoms with Crippen molar-refractivity contribution >= 4 is 5.97 Å². The van der Waals surface area contributed by atoms with E-state index in [1.54, 1.807) is 0 Å². The fourth-order valence-corrected chi connectivity index (χ4v) is 2.33. The van der Waals surface area contributed by atoms with E-state index in [0.717, 1.165) is 19.3 Å². The molecule has 3 nitrogen and oxygen atoms in total. The fraction of sp³-hybridized carbons (Fsp3) is 0.875. The van der Waals surface area contributed by atoms with E-state index in [9.17, 15) is 4.79 Å². The summed E-state index contributed by atoms with van der Waals surface area (Å²) in [6.45, 7) is 11.3. The van der Waals surface area contributed by atoms with Crippen LogP contribution in [-0.2, 0) is 9.53 Å². The lowest BCUT2D eigenvalue weighted by Gasteiger charge is -2.32. The second-order valence-electron chi connectivity index (χ2n) is 8.30. The highest BCUT2D eigenvalue weighted by molar-refractivity contribution is 5.69. The van der Waals surface area contributed by atoms with Gasteiger partial charge < -0.3 is 9.64 Å². The Hall–Kier alpha value is -0.830. The number of unbranched alkanes of at least 4 members (excludes halogenated alkanes) is 7. The molecule has 0 saturated carbocycles. The topological polar surface area (TPSA) is 29.5 Å². The summed E-state index contributed by atoms with van der Waals surface area (Å²) in [5, 5.41) is 0. The summed E-state index contributed by atoms with van der Waals surface area (Å²) < 4.78 is 5.35. The number of rotatable bonds is 15. The minimum absolute atomic E-state index is 0.0385. The zero-order chi connectivity index (χ0) is 21.0. The molecule has 3 heteroatoms. The van der Waals surface area contributed by atoms with E-state index >= 15 is 0 Å². The Morgan fingerprint density at radius 1 is 0.889 bits per heavy atom. The first-order chi connectivity index (χ1) is 12.8. The predicted molar refractivity (Wildman–Crippen MR) is 120 cm³/mol. The molecule has 0 aliphatic heterocycles. The van der Waals surface area contributed by atoms with E-state index < -0.39 is 0 Å². The second-order valence-corrected chi connectivity index (χ2v) is 8.30. The average Bonchev–Trinajstić information content (AvgIpc) is 2.60. The van der Waals surface area contributed by atoms with E-state index in [4.69, 9.17) is 4.74 Å². The summed E-state index contributed by atoms with van der Waals surface area (Å²) in [7, 11) is 4.12. The molecule has 0 spiro atoms. The molecule has 0 aromatic heterocycles. The van der Waals surface area contributed by atoms with Gasteiger partial charge in [0, 0.05) is 12.0 Å². The van der Waals surface area contributed by atoms with E-state index in [-0.39, 0.29) is 11.5 Å². The Kier molecular flexibility index (Phi) is 20.9. The van der Waals surface area contributed by atoms with Crippen LogP contribution in [0.15, 0.2) is 12.2 Å². The lowest BCUT2D eigenvalue weighted by molar-refractivity contribution is -0.144. The number of nitrogens with zero attached hydrogens (tertiary/aromatic N) is 1. The Morgan fingerprint density at radius 2 is 1.41 bits per heavy atom. The molecule has 0 N–H and O–H groups in total. The summed E-state index contributed by atoms with van der Waals surface area (Å²) in [5.41, 5.74) is 0.0747. The molecule has 0 fully saturated rings. The monoisotopic (exact) mass is 383 g/mol. The van der Waals surface area contributed by atoms with Gasteiger partial charge in [0.15, 0.2) is 0 Å². The van der Waals surface area contributed by atoms with Crippen LogP contribution in [0.25, 0.3) is 0 Å². The first kappa shape index (κ1) is 28.4. The molecule has 0 amide bonds. The lowest BCUT2D eigenvalue weighted by atomic mass is 10.0. The molecule has 162 valence electrons. The summed E-state index contributed by atoms with van der Waals surface area (Å²) in [4.78, 5) is 13.9. The largest absolute Gasteiger partial charge is 0.466 e. The maximum atomic E-state index is 11.7. The molecule has 0 saturated heterocycles. The minimum atomic E-state index is -0.0385. The van der Waals surface area contributed by atoms with E-state index in [1.165, 1.54) is 51.4 Å². The quantitative estimate of drug-likeness (QED) is 0.171. The van der Waals surface area contributed by atoms with Crippen LogP contribution >= 0.6 is 0 Å². The van der Waals surface area contributed by atoms with Crippen LogP contribution in [0.2, 0.25) is 0 Å². The highest BCUT2D eigenvalue weighted by atomic mass is 16.5. The van der Waals surface area contributed by atoms with Gasteiger partial charge in [-0.1, -0.05) is 71.4 Å². The summed E-state index contributed by atoms with van der Waals surface area (Å²) in [5.74, 6) is -0.0385. The molecule has 0 atom stereocenters. The number of allylic oxidation sites excluding steroid dienone is 2. The van der Waals surface area contributed by atoms with Crippen LogP contribution in [0.4, 0.5) is 0 Å². The van der Waals surface area contributed by atoms with Crippen LogP contribution in [0.5, 0.6) is 0 Å². The summed E-state index contributed by atoms with van der Waals surface area (Å²) >= 11 is 0. The molecule has 0 aromatic carbocycles. The standard InChI is InChI=1S/C21H41NO2.C3H8/c1-6-7-8-9-10-11-12-13-14-15-16-17-20(23)24-19-18-21(2,3)22(4)5;1-3-2/h9-10H,6-8,11-19H2,1-5H3;3H2,1-2H3/b10-9+;. The zero-order valence-corrected chi connectivity index (χ0v) is 19.6. The van der Waals surface area contributed by atoms with Gasteiger partial charge in [-0.05, 0) is 60.0 Å². The molecule has 0 aliphatic rings. The van der Waals surface area contributed by atoms with Gasteiger partial charge in [0.2, 0.25) is 0 Å². The van der Waals surface area contributed by atoms with Crippen molar-refractivity contribution in [2.24, 2.45) is 0 Å². The van der Waals surface area contributed by atoms with Crippen LogP contribution in [0.3, 0.4) is 0 Å². The van der Waals surface area contributed by atoms with Gasteiger partial charge in [0.25, 0.3) is 0 Å². The number of carbonyl (C=O) groups is 1. The Bertz CT molecular complexity index is 348. The van der Waals surface area contributed by atoms with Crippen molar-refractivity contribution in [3.8, 4) is 0 Å². The van der Waals surface area contributed by atoms with E-state index in [1.807, 2.05) is 0 Å². The van der Waals surface area contributed by atoms with Gasteiger partial charge in [-0.25, -0.2) is 0 Å². The molecule has 0 rings (SSSR count). The van der Waals surface area contributed by atoms with Gasteiger partial charge in [0.05, 0.1) is 6.61 Å². The van der Waals surface area contributed by atoms with Crippen molar-refractivity contribution in [3.63, 3.8) is 0 Å². The number of esters is 1. The minimum Gasteiger partial charge on any atom is -0.466 e. The smallest absolute Gasteiger partial charge is 0.305 e. The average molecular weight is 384 g/mol. The normalized spacial score (nSPS) is 11.6. The van der Waals surface area contributed by atoms with Gasteiger partial charge >= 0.3 is 5.97 Å². The number of carbonyl (C=O) groups excluding carboxylic acids is 1. The third kappa shape index (κ3) is 21.3. The first-order valence-corrected chi connectivity index (χ1v) is 11.3. The molecular formula is C24H49NO2. The Balaban J connectivity index is 0. The van der Waals surface area contributed by atoms with Gasteiger partial charge in [0.1, 0.15) is 0 Å². The number of hydrogen-bond donors (Lipinski definition) is 0. The maximum Gasteiger partial charge on any atom is 0.305 e. The van der Waals surface area contributed by atoms with Crippen LogP contribution < -0.4 is 0 Å². The summed E-state index contributed by atoms with van der Waals surface area (Å²) in [6.07, 6.45) is 18.2. The molecule has 0 aliphatic carbocycles. The molecule has 0 aromatic rings. The molecule has 0 unspecified atom stereocenters. The van der Waals surface area contributed by atoms with Crippen molar-refractivity contribution in [2.45, 2.75) is 117 Å². The van der Waals surface area contributed by atoms with E-state index in [2.05, 4.69) is 65.8 Å². The van der Waals surface area contributed by atoms with Gasteiger partial charge in [-0.3, -0.25) is 4.79 Å². The van der Waals surface area contributed by atoms with Gasteiger partial charge in [-0.2, -0.15) is 0 Å². The van der Waals surface area contributed by atoms with Gasteiger partial charge in [-0.15, -0.1) is 0 Å². The fourth-order valence-electron chi connectivity index (χ4n) is 2.33. The first-order valence-electron chi connectivity index (χ1n) is 11.3. The second kappa shape index (κ2) is 19.9. The van der Waals surface area contributed by atoms with Crippen molar-refractivity contribution in [3.05, 3.63) is 12.2 Å². The lowest BCUT2D eigenvalue weighted by Crippen LogP contribution is -2.39. The predicted octanol–water partition coefficient (Wildman–Crippen LogP) is 7.15. The molecule has 0 bridgehead atoms. The van der Waals surface area contributed by atoms with Crippen molar-refractivity contribution in [1.82, 2.24) is 4.90 Å². The molecule has 27 heavy (non-hydrogen) atoms. The molecule has 0 radical (unpaired) electrons. The Morgan fingerprint density at radius 3 is 1.96 bits per heavy atom. The summed E-state index contributed by atoms with van der Waals surface area (Å²) in [6, 6.07) is 0. The number of ether oxygens (including phenoxy) is 1. The zero-order valence-electron chi connectivity index (χ0n) is 19.6. The van der Waals surface area contributed by atoms with Crippen molar-refractivity contribution in [2.75, 3.05) is 20.7 Å². The van der Waals surface area contributed by atoms with Crippen molar-refractivity contribution < 1.29 is 9.53 Å². The van der Waals surface area contributed by atoms with Crippen LogP contribution in [0, 0.1) is 0 Å². The van der Waals surface area contributed by atoms with Crippen molar-refractivity contribution in [1.29, 1.82) is 0 Å².